The molecule has 1 saturated carbocycles. The van der Waals surface area contributed by atoms with Gasteiger partial charge in [0.1, 0.15) is 0 Å². The van der Waals surface area contributed by atoms with Crippen molar-refractivity contribution in [1.29, 1.82) is 0 Å². The predicted molar refractivity (Wildman–Crippen MR) is 49.0 cm³/mol. The molecular formula is C11H13N. The third-order valence-corrected chi connectivity index (χ3v) is 3.53. The van der Waals surface area contributed by atoms with Gasteiger partial charge in [0, 0.05) is 11.5 Å². The van der Waals surface area contributed by atoms with E-state index in [0.717, 1.165) is 0 Å². The molecule has 1 nitrogen and oxygen atoms in total. The lowest BCUT2D eigenvalue weighted by atomic mass is 9.98. The lowest BCUT2D eigenvalue weighted by Gasteiger charge is -2.08. The molecule has 1 fully saturated rings. The molecule has 0 aliphatic heterocycles. The maximum atomic E-state index is 5.98. The number of benzene rings is 1. The molecule has 1 aromatic carbocycles. The summed E-state index contributed by atoms with van der Waals surface area (Å²) in [6, 6.07) is 9.22. The summed E-state index contributed by atoms with van der Waals surface area (Å²) in [5.41, 5.74) is 9.46. The molecule has 12 heavy (non-hydrogen) atoms. The summed E-state index contributed by atoms with van der Waals surface area (Å²) in [6.07, 6.45) is 3.74. The lowest BCUT2D eigenvalue weighted by molar-refractivity contribution is 0.651. The molecule has 3 rings (SSSR count). The van der Waals surface area contributed by atoms with Crippen LogP contribution in [0, 0.1) is 0 Å². The van der Waals surface area contributed by atoms with E-state index in [2.05, 4.69) is 24.3 Å². The highest BCUT2D eigenvalue weighted by Crippen LogP contribution is 2.55. The highest BCUT2D eigenvalue weighted by molar-refractivity contribution is 5.46. The minimum Gasteiger partial charge on any atom is -0.327 e. The molecule has 0 aromatic heterocycles. The molecule has 2 aliphatic rings. The topological polar surface area (TPSA) is 26.0 Å². The number of hydrogen-bond acceptors (Lipinski definition) is 1. The second-order valence-electron chi connectivity index (χ2n) is 4.12. The average molecular weight is 159 g/mol. The maximum absolute atomic E-state index is 5.98. The van der Waals surface area contributed by atoms with Crippen LogP contribution in [-0.4, -0.2) is 6.04 Å². The van der Waals surface area contributed by atoms with Gasteiger partial charge in [0.2, 0.25) is 0 Å². The summed E-state index contributed by atoms with van der Waals surface area (Å²) in [5, 5.41) is 0. The fourth-order valence-electron chi connectivity index (χ4n) is 2.65. The van der Waals surface area contributed by atoms with Crippen molar-refractivity contribution in [2.45, 2.75) is 30.7 Å². The van der Waals surface area contributed by atoms with Crippen LogP contribution in [0.25, 0.3) is 0 Å². The van der Waals surface area contributed by atoms with Crippen molar-refractivity contribution < 1.29 is 0 Å². The van der Waals surface area contributed by atoms with Crippen molar-refractivity contribution in [1.82, 2.24) is 0 Å². The van der Waals surface area contributed by atoms with Gasteiger partial charge in [0.15, 0.2) is 0 Å². The van der Waals surface area contributed by atoms with E-state index in [4.69, 9.17) is 5.73 Å². The van der Waals surface area contributed by atoms with E-state index >= 15 is 0 Å². The fourth-order valence-corrected chi connectivity index (χ4v) is 2.65. The molecule has 1 heteroatoms. The Balaban J connectivity index is 2.15. The monoisotopic (exact) mass is 159 g/mol. The molecular weight excluding hydrogens is 146 g/mol. The van der Waals surface area contributed by atoms with Gasteiger partial charge in [-0.1, -0.05) is 24.3 Å². The van der Waals surface area contributed by atoms with Gasteiger partial charge in [-0.3, -0.25) is 0 Å². The van der Waals surface area contributed by atoms with E-state index in [1.807, 2.05) is 0 Å². The maximum Gasteiger partial charge on any atom is 0.0146 e. The van der Waals surface area contributed by atoms with Crippen molar-refractivity contribution in [3.63, 3.8) is 0 Å². The highest BCUT2D eigenvalue weighted by Gasteiger charge is 2.55. The van der Waals surface area contributed by atoms with Gasteiger partial charge < -0.3 is 5.73 Å². The Hall–Kier alpha value is -0.820. The predicted octanol–water partition coefficient (Wildman–Crippen LogP) is 1.60. The van der Waals surface area contributed by atoms with Gasteiger partial charge in [-0.15, -0.1) is 0 Å². The molecule has 1 spiro atoms. The van der Waals surface area contributed by atoms with E-state index < -0.39 is 0 Å². The summed E-state index contributed by atoms with van der Waals surface area (Å²) >= 11 is 0. The molecule has 0 saturated heterocycles. The molecule has 2 unspecified atom stereocenters. The number of rotatable bonds is 0. The van der Waals surface area contributed by atoms with E-state index in [1.54, 1.807) is 0 Å². The van der Waals surface area contributed by atoms with Gasteiger partial charge in [-0.2, -0.15) is 0 Å². The van der Waals surface area contributed by atoms with Gasteiger partial charge in [-0.25, -0.2) is 0 Å². The molecule has 2 N–H and O–H groups in total. The van der Waals surface area contributed by atoms with Crippen molar-refractivity contribution in [2.24, 2.45) is 5.73 Å². The second kappa shape index (κ2) is 1.91. The first-order chi connectivity index (χ1) is 5.83. The standard InChI is InChI=1S/C11H13N/c12-10-7-11(10)6-5-8-3-1-2-4-9(8)11/h1-4,10H,5-7,12H2. The van der Waals surface area contributed by atoms with Crippen LogP contribution < -0.4 is 5.73 Å². The first-order valence-corrected chi connectivity index (χ1v) is 4.67. The normalized spacial score (nSPS) is 36.9. The molecule has 62 valence electrons. The third kappa shape index (κ3) is 0.632. The molecule has 0 heterocycles. The zero-order chi connectivity index (χ0) is 8.18. The number of nitrogens with two attached hydrogens (primary N) is 1. The molecule has 0 amide bonds. The Kier molecular flexibility index (Phi) is 1.06. The van der Waals surface area contributed by atoms with Gasteiger partial charge in [0.05, 0.1) is 0 Å². The summed E-state index contributed by atoms with van der Waals surface area (Å²) < 4.78 is 0. The Morgan fingerprint density at radius 2 is 2.08 bits per heavy atom. The van der Waals surface area contributed by atoms with Crippen molar-refractivity contribution in [2.75, 3.05) is 0 Å². The van der Waals surface area contributed by atoms with E-state index in [9.17, 15) is 0 Å². The third-order valence-electron chi connectivity index (χ3n) is 3.53. The SMILES string of the molecule is NC1CC12CCc1ccccc12. The number of hydrogen-bond donors (Lipinski definition) is 1. The highest BCUT2D eigenvalue weighted by atomic mass is 14.8. The lowest BCUT2D eigenvalue weighted by Crippen LogP contribution is -2.14. The largest absolute Gasteiger partial charge is 0.327 e. The van der Waals surface area contributed by atoms with Gasteiger partial charge >= 0.3 is 0 Å². The van der Waals surface area contributed by atoms with E-state index in [0.29, 0.717) is 11.5 Å². The summed E-state index contributed by atoms with van der Waals surface area (Å²) in [6.45, 7) is 0. The first-order valence-electron chi connectivity index (χ1n) is 4.67. The molecule has 1 aromatic rings. The minimum absolute atomic E-state index is 0.413. The van der Waals surface area contributed by atoms with E-state index in [1.165, 1.54) is 30.4 Å². The fraction of sp³-hybridized carbons (Fsp3) is 0.455. The van der Waals surface area contributed by atoms with Crippen LogP contribution in [0.5, 0.6) is 0 Å². The number of fused-ring (bicyclic) bond motifs is 2. The van der Waals surface area contributed by atoms with Crippen LogP contribution in [0.15, 0.2) is 24.3 Å². The Labute approximate surface area is 72.6 Å². The summed E-state index contributed by atoms with van der Waals surface area (Å²) in [5.74, 6) is 0. The zero-order valence-electron chi connectivity index (χ0n) is 7.09. The van der Waals surface area contributed by atoms with Gasteiger partial charge in [0.25, 0.3) is 0 Å². The minimum atomic E-state index is 0.413. The number of aryl methyl sites for hydroxylation is 1. The van der Waals surface area contributed by atoms with Crippen molar-refractivity contribution in [3.8, 4) is 0 Å². The van der Waals surface area contributed by atoms with Crippen molar-refractivity contribution in [3.05, 3.63) is 35.4 Å². The first kappa shape index (κ1) is 6.67. The quantitative estimate of drug-likeness (QED) is 0.611. The second-order valence-corrected chi connectivity index (χ2v) is 4.12. The Bertz CT molecular complexity index is 332. The smallest absolute Gasteiger partial charge is 0.0146 e. The molecule has 0 radical (unpaired) electrons. The molecule has 2 atom stereocenters. The van der Waals surface area contributed by atoms with Crippen molar-refractivity contribution >= 4 is 0 Å². The molecule has 0 bridgehead atoms. The van der Waals surface area contributed by atoms with Gasteiger partial charge in [-0.05, 0) is 30.4 Å². The Morgan fingerprint density at radius 1 is 1.33 bits per heavy atom. The zero-order valence-corrected chi connectivity index (χ0v) is 7.09. The van der Waals surface area contributed by atoms with Crippen LogP contribution in [0.4, 0.5) is 0 Å². The van der Waals surface area contributed by atoms with Crippen LogP contribution in [0.1, 0.15) is 24.0 Å². The van der Waals surface area contributed by atoms with Crippen LogP contribution >= 0.6 is 0 Å². The van der Waals surface area contributed by atoms with Crippen LogP contribution in [0.3, 0.4) is 0 Å². The summed E-state index contributed by atoms with van der Waals surface area (Å²) in [4.78, 5) is 0. The molecule has 2 aliphatic carbocycles. The van der Waals surface area contributed by atoms with E-state index in [-0.39, 0.29) is 0 Å². The van der Waals surface area contributed by atoms with Crippen LogP contribution in [-0.2, 0) is 11.8 Å². The van der Waals surface area contributed by atoms with Crippen LogP contribution in [0.2, 0.25) is 0 Å². The average Bonchev–Trinajstić information content (AvgIpc) is 2.58. The Morgan fingerprint density at radius 3 is 2.83 bits per heavy atom. The summed E-state index contributed by atoms with van der Waals surface area (Å²) in [7, 11) is 0.